The van der Waals surface area contributed by atoms with E-state index in [1.165, 1.54) is 57.9 Å². The van der Waals surface area contributed by atoms with E-state index in [1.54, 1.807) is 0 Å². The molecule has 106 valence electrons. The summed E-state index contributed by atoms with van der Waals surface area (Å²) in [7, 11) is 2.26. The molecule has 0 aromatic carbocycles. The first-order valence-corrected chi connectivity index (χ1v) is 7.83. The number of piperidine rings is 1. The predicted molar refractivity (Wildman–Crippen MR) is 75.6 cm³/mol. The Labute approximate surface area is 112 Å². The molecule has 3 unspecified atom stereocenters. The molecule has 3 heteroatoms. The molecule has 1 heterocycles. The average molecular weight is 254 g/mol. The lowest BCUT2D eigenvalue weighted by atomic mass is 9.86. The molecule has 2 fully saturated rings. The van der Waals surface area contributed by atoms with E-state index in [0.717, 1.165) is 19.2 Å². The van der Waals surface area contributed by atoms with E-state index >= 15 is 0 Å². The zero-order valence-electron chi connectivity index (χ0n) is 11.9. The highest BCUT2D eigenvalue weighted by atomic mass is 16.5. The lowest BCUT2D eigenvalue weighted by molar-refractivity contribution is -0.0178. The summed E-state index contributed by atoms with van der Waals surface area (Å²) in [5, 5.41) is 0. The molecule has 0 aromatic rings. The van der Waals surface area contributed by atoms with Gasteiger partial charge in [-0.05, 0) is 58.2 Å². The standard InChI is InChI=1S/C15H30N2O/c1-17-10-5-4-7-14(17)9-11-18-15-8-3-2-6-13(15)12-16/h13-15H,2-12,16H2,1H3. The van der Waals surface area contributed by atoms with Gasteiger partial charge in [0.2, 0.25) is 0 Å². The van der Waals surface area contributed by atoms with Crippen LogP contribution in [0, 0.1) is 5.92 Å². The van der Waals surface area contributed by atoms with Gasteiger partial charge in [0.15, 0.2) is 0 Å². The van der Waals surface area contributed by atoms with Crippen molar-refractivity contribution in [1.29, 1.82) is 0 Å². The first-order chi connectivity index (χ1) is 8.81. The van der Waals surface area contributed by atoms with Gasteiger partial charge < -0.3 is 15.4 Å². The summed E-state index contributed by atoms with van der Waals surface area (Å²) in [6, 6.07) is 0.749. The molecule has 2 aliphatic rings. The Balaban J connectivity index is 1.67. The number of hydrogen-bond donors (Lipinski definition) is 1. The van der Waals surface area contributed by atoms with Crippen molar-refractivity contribution >= 4 is 0 Å². The minimum absolute atomic E-state index is 0.442. The molecule has 1 saturated heterocycles. The second-order valence-corrected chi connectivity index (χ2v) is 6.11. The molecule has 18 heavy (non-hydrogen) atoms. The summed E-state index contributed by atoms with van der Waals surface area (Å²) in [5.41, 5.74) is 5.84. The van der Waals surface area contributed by atoms with Crippen LogP contribution in [0.5, 0.6) is 0 Å². The summed E-state index contributed by atoms with van der Waals surface area (Å²) >= 11 is 0. The number of likely N-dealkylation sites (tertiary alicyclic amines) is 1. The summed E-state index contributed by atoms with van der Waals surface area (Å²) in [4.78, 5) is 2.51. The molecule has 0 amide bonds. The third-order valence-corrected chi connectivity index (χ3v) is 4.85. The zero-order chi connectivity index (χ0) is 12.8. The maximum Gasteiger partial charge on any atom is 0.0615 e. The van der Waals surface area contributed by atoms with Crippen molar-refractivity contribution < 1.29 is 4.74 Å². The van der Waals surface area contributed by atoms with E-state index in [0.29, 0.717) is 12.0 Å². The molecule has 1 saturated carbocycles. The predicted octanol–water partition coefficient (Wildman–Crippen LogP) is 2.39. The van der Waals surface area contributed by atoms with Gasteiger partial charge >= 0.3 is 0 Å². The van der Waals surface area contributed by atoms with Gasteiger partial charge in [0, 0.05) is 12.6 Å². The summed E-state index contributed by atoms with van der Waals surface area (Å²) in [6.45, 7) is 2.99. The molecule has 1 aliphatic heterocycles. The Kier molecular flexibility index (Phi) is 5.93. The van der Waals surface area contributed by atoms with Crippen LogP contribution in [0.15, 0.2) is 0 Å². The van der Waals surface area contributed by atoms with Crippen molar-refractivity contribution in [2.45, 2.75) is 63.5 Å². The summed E-state index contributed by atoms with van der Waals surface area (Å²) in [5.74, 6) is 0.614. The molecule has 2 rings (SSSR count). The average Bonchev–Trinajstić information content (AvgIpc) is 2.41. The van der Waals surface area contributed by atoms with Crippen molar-refractivity contribution in [3.05, 3.63) is 0 Å². The highest BCUT2D eigenvalue weighted by Gasteiger charge is 2.25. The van der Waals surface area contributed by atoms with Crippen LogP contribution in [0.3, 0.4) is 0 Å². The highest BCUT2D eigenvalue weighted by molar-refractivity contribution is 4.78. The smallest absolute Gasteiger partial charge is 0.0615 e. The van der Waals surface area contributed by atoms with Gasteiger partial charge in [0.05, 0.1) is 6.10 Å². The quantitative estimate of drug-likeness (QED) is 0.819. The summed E-state index contributed by atoms with van der Waals surface area (Å²) in [6.07, 6.45) is 10.9. The molecule has 3 atom stereocenters. The number of ether oxygens (including phenoxy) is 1. The molecule has 2 N–H and O–H groups in total. The Bertz CT molecular complexity index is 235. The molecule has 0 bridgehead atoms. The first kappa shape index (κ1) is 14.3. The Morgan fingerprint density at radius 1 is 1.11 bits per heavy atom. The number of rotatable bonds is 5. The van der Waals surface area contributed by atoms with E-state index in [4.69, 9.17) is 10.5 Å². The fraction of sp³-hybridized carbons (Fsp3) is 1.00. The number of nitrogens with two attached hydrogens (primary N) is 1. The largest absolute Gasteiger partial charge is 0.378 e. The van der Waals surface area contributed by atoms with Crippen LogP contribution >= 0.6 is 0 Å². The lowest BCUT2D eigenvalue weighted by Gasteiger charge is -2.34. The van der Waals surface area contributed by atoms with Crippen LogP contribution in [0.2, 0.25) is 0 Å². The SMILES string of the molecule is CN1CCCCC1CCOC1CCCCC1CN. The maximum atomic E-state index is 6.13. The van der Waals surface area contributed by atoms with E-state index in [-0.39, 0.29) is 0 Å². The van der Waals surface area contributed by atoms with Crippen molar-refractivity contribution in [3.8, 4) is 0 Å². The molecular formula is C15H30N2O. The normalized spacial score (nSPS) is 34.7. The fourth-order valence-electron chi connectivity index (χ4n) is 3.53. The van der Waals surface area contributed by atoms with Crippen molar-refractivity contribution in [2.24, 2.45) is 11.7 Å². The van der Waals surface area contributed by atoms with Crippen molar-refractivity contribution in [2.75, 3.05) is 26.7 Å². The van der Waals surface area contributed by atoms with Gasteiger partial charge in [-0.3, -0.25) is 0 Å². The van der Waals surface area contributed by atoms with Gasteiger partial charge in [-0.15, -0.1) is 0 Å². The number of nitrogens with zero attached hydrogens (tertiary/aromatic N) is 1. The Morgan fingerprint density at radius 2 is 1.89 bits per heavy atom. The van der Waals surface area contributed by atoms with Crippen LogP contribution in [0.1, 0.15) is 51.4 Å². The monoisotopic (exact) mass is 254 g/mol. The molecular weight excluding hydrogens is 224 g/mol. The molecule has 1 aliphatic carbocycles. The molecule has 0 spiro atoms. The fourth-order valence-corrected chi connectivity index (χ4v) is 3.53. The highest BCUT2D eigenvalue weighted by Crippen LogP contribution is 2.26. The van der Waals surface area contributed by atoms with Crippen molar-refractivity contribution in [1.82, 2.24) is 4.90 Å². The minimum atomic E-state index is 0.442. The molecule has 0 radical (unpaired) electrons. The van der Waals surface area contributed by atoms with Crippen LogP contribution < -0.4 is 5.73 Å². The summed E-state index contributed by atoms with van der Waals surface area (Å²) < 4.78 is 6.13. The maximum absolute atomic E-state index is 6.13. The second kappa shape index (κ2) is 7.46. The van der Waals surface area contributed by atoms with Gasteiger partial charge in [-0.25, -0.2) is 0 Å². The van der Waals surface area contributed by atoms with E-state index < -0.39 is 0 Å². The van der Waals surface area contributed by atoms with E-state index in [1.807, 2.05) is 0 Å². The third kappa shape index (κ3) is 3.94. The Morgan fingerprint density at radius 3 is 2.67 bits per heavy atom. The van der Waals surface area contributed by atoms with Crippen LogP contribution in [-0.2, 0) is 4.74 Å². The zero-order valence-corrected chi connectivity index (χ0v) is 11.9. The van der Waals surface area contributed by atoms with E-state index in [2.05, 4.69) is 11.9 Å². The van der Waals surface area contributed by atoms with Crippen LogP contribution in [0.25, 0.3) is 0 Å². The topological polar surface area (TPSA) is 38.5 Å². The van der Waals surface area contributed by atoms with E-state index in [9.17, 15) is 0 Å². The minimum Gasteiger partial charge on any atom is -0.378 e. The van der Waals surface area contributed by atoms with Crippen LogP contribution in [-0.4, -0.2) is 43.8 Å². The Hall–Kier alpha value is -0.120. The third-order valence-electron chi connectivity index (χ3n) is 4.85. The van der Waals surface area contributed by atoms with Crippen molar-refractivity contribution in [3.63, 3.8) is 0 Å². The van der Waals surface area contributed by atoms with Gasteiger partial charge in [-0.1, -0.05) is 19.3 Å². The first-order valence-electron chi connectivity index (χ1n) is 7.83. The second-order valence-electron chi connectivity index (χ2n) is 6.11. The van der Waals surface area contributed by atoms with Crippen LogP contribution in [0.4, 0.5) is 0 Å². The number of hydrogen-bond acceptors (Lipinski definition) is 3. The van der Waals surface area contributed by atoms with Gasteiger partial charge in [0.1, 0.15) is 0 Å². The molecule has 3 nitrogen and oxygen atoms in total. The van der Waals surface area contributed by atoms with Gasteiger partial charge in [-0.2, -0.15) is 0 Å². The molecule has 0 aromatic heterocycles. The van der Waals surface area contributed by atoms with Gasteiger partial charge in [0.25, 0.3) is 0 Å². The lowest BCUT2D eigenvalue weighted by Crippen LogP contribution is -2.38.